The van der Waals surface area contributed by atoms with E-state index in [9.17, 15) is 8.42 Å². The SMILES string of the molecule is CC(C)CN(C1CC1)S(=O)(=O)c1cccnc1C(N)=S. The molecule has 1 aromatic heterocycles. The predicted octanol–water partition coefficient (Wildman–Crippen LogP) is 1.52. The Hall–Kier alpha value is -1.05. The van der Waals surface area contributed by atoms with E-state index in [0.717, 1.165) is 12.8 Å². The van der Waals surface area contributed by atoms with Gasteiger partial charge in [-0.15, -0.1) is 0 Å². The highest BCUT2D eigenvalue weighted by Crippen LogP contribution is 2.33. The summed E-state index contributed by atoms with van der Waals surface area (Å²) in [5.41, 5.74) is 5.77. The minimum absolute atomic E-state index is 0.00414. The molecule has 0 spiro atoms. The van der Waals surface area contributed by atoms with E-state index in [2.05, 4.69) is 4.98 Å². The molecule has 0 radical (unpaired) electrons. The zero-order valence-corrected chi connectivity index (χ0v) is 13.2. The van der Waals surface area contributed by atoms with E-state index in [-0.39, 0.29) is 27.5 Å². The third-order valence-electron chi connectivity index (χ3n) is 3.09. The molecule has 0 aliphatic heterocycles. The third-order valence-corrected chi connectivity index (χ3v) is 5.23. The molecule has 1 saturated carbocycles. The molecule has 7 heteroatoms. The number of sulfonamides is 1. The molecule has 1 heterocycles. The van der Waals surface area contributed by atoms with Crippen molar-refractivity contribution in [3.63, 3.8) is 0 Å². The number of nitrogens with two attached hydrogens (primary N) is 1. The second-order valence-corrected chi connectivity index (χ2v) is 7.71. The van der Waals surface area contributed by atoms with Gasteiger partial charge in [-0.1, -0.05) is 26.1 Å². The first-order valence-electron chi connectivity index (χ1n) is 6.60. The van der Waals surface area contributed by atoms with Gasteiger partial charge in [-0.05, 0) is 30.9 Å². The lowest BCUT2D eigenvalue weighted by Gasteiger charge is -2.24. The lowest BCUT2D eigenvalue weighted by molar-refractivity contribution is 0.360. The number of aromatic nitrogens is 1. The molecule has 0 unspecified atom stereocenters. The first kappa shape index (κ1) is 15.3. The molecular weight excluding hydrogens is 294 g/mol. The Balaban J connectivity index is 2.45. The normalized spacial score (nSPS) is 15.8. The highest BCUT2D eigenvalue weighted by atomic mass is 32.2. The quantitative estimate of drug-likeness (QED) is 0.806. The van der Waals surface area contributed by atoms with Gasteiger partial charge in [-0.3, -0.25) is 4.98 Å². The van der Waals surface area contributed by atoms with E-state index < -0.39 is 10.0 Å². The van der Waals surface area contributed by atoms with E-state index in [0.29, 0.717) is 6.54 Å². The number of hydrogen-bond acceptors (Lipinski definition) is 4. The Morgan fingerprint density at radius 1 is 1.55 bits per heavy atom. The molecule has 1 aliphatic rings. The summed E-state index contributed by atoms with van der Waals surface area (Å²) in [4.78, 5) is 4.13. The van der Waals surface area contributed by atoms with Crippen LogP contribution < -0.4 is 5.73 Å². The molecular formula is C13H19N3O2S2. The van der Waals surface area contributed by atoms with Crippen LogP contribution in [-0.2, 0) is 10.0 Å². The monoisotopic (exact) mass is 313 g/mol. The molecule has 5 nitrogen and oxygen atoms in total. The van der Waals surface area contributed by atoms with E-state index in [4.69, 9.17) is 18.0 Å². The van der Waals surface area contributed by atoms with Crippen molar-refractivity contribution in [3.8, 4) is 0 Å². The van der Waals surface area contributed by atoms with E-state index >= 15 is 0 Å². The van der Waals surface area contributed by atoms with Crippen LogP contribution in [0.25, 0.3) is 0 Å². The predicted molar refractivity (Wildman–Crippen MR) is 81.9 cm³/mol. The fourth-order valence-corrected chi connectivity index (χ4v) is 4.31. The lowest BCUT2D eigenvalue weighted by Crippen LogP contribution is -2.37. The molecule has 1 fully saturated rings. The minimum Gasteiger partial charge on any atom is -0.388 e. The Morgan fingerprint density at radius 3 is 2.70 bits per heavy atom. The summed E-state index contributed by atoms with van der Waals surface area (Å²) >= 11 is 4.91. The molecule has 0 bridgehead atoms. The van der Waals surface area contributed by atoms with Gasteiger partial charge in [0, 0.05) is 18.8 Å². The van der Waals surface area contributed by atoms with Crippen LogP contribution in [0.3, 0.4) is 0 Å². The Bertz CT molecular complexity index is 610. The third kappa shape index (κ3) is 3.16. The van der Waals surface area contributed by atoms with Crippen molar-refractivity contribution in [1.29, 1.82) is 0 Å². The summed E-state index contributed by atoms with van der Waals surface area (Å²) < 4.78 is 27.3. The molecule has 110 valence electrons. The van der Waals surface area contributed by atoms with Gasteiger partial charge in [-0.25, -0.2) is 8.42 Å². The molecule has 1 aromatic rings. The summed E-state index contributed by atoms with van der Waals surface area (Å²) in [6.45, 7) is 4.50. The van der Waals surface area contributed by atoms with Gasteiger partial charge in [-0.2, -0.15) is 4.31 Å². The minimum atomic E-state index is -3.61. The lowest BCUT2D eigenvalue weighted by atomic mass is 10.2. The van der Waals surface area contributed by atoms with Gasteiger partial charge in [0.15, 0.2) is 0 Å². The van der Waals surface area contributed by atoms with Crippen molar-refractivity contribution in [2.75, 3.05) is 6.54 Å². The maximum Gasteiger partial charge on any atom is 0.245 e. The fraction of sp³-hybridized carbons (Fsp3) is 0.538. The largest absolute Gasteiger partial charge is 0.388 e. The maximum absolute atomic E-state index is 12.8. The van der Waals surface area contributed by atoms with Crippen molar-refractivity contribution in [2.24, 2.45) is 11.7 Å². The molecule has 0 saturated heterocycles. The number of pyridine rings is 1. The van der Waals surface area contributed by atoms with E-state index in [1.165, 1.54) is 12.3 Å². The van der Waals surface area contributed by atoms with Crippen molar-refractivity contribution < 1.29 is 8.42 Å². The van der Waals surface area contributed by atoms with Gasteiger partial charge >= 0.3 is 0 Å². The van der Waals surface area contributed by atoms with Crippen molar-refractivity contribution in [1.82, 2.24) is 9.29 Å². The van der Waals surface area contributed by atoms with Crippen LogP contribution in [0.4, 0.5) is 0 Å². The molecule has 0 aromatic carbocycles. The standard InChI is InChI=1S/C13H19N3O2S2/c1-9(2)8-16(10-5-6-10)20(17,18)11-4-3-7-15-12(11)13(14)19/h3-4,7,9-10H,5-6,8H2,1-2H3,(H2,14,19). The Morgan fingerprint density at radius 2 is 2.20 bits per heavy atom. The number of nitrogens with zero attached hydrogens (tertiary/aromatic N) is 2. The smallest absolute Gasteiger partial charge is 0.245 e. The number of thiocarbonyl (C=S) groups is 1. The van der Waals surface area contributed by atoms with Gasteiger partial charge in [0.1, 0.15) is 15.6 Å². The first-order valence-corrected chi connectivity index (χ1v) is 8.45. The Kier molecular flexibility index (Phi) is 4.41. The van der Waals surface area contributed by atoms with Gasteiger partial charge < -0.3 is 5.73 Å². The second-order valence-electron chi connectivity index (χ2n) is 5.41. The van der Waals surface area contributed by atoms with Gasteiger partial charge in [0.2, 0.25) is 10.0 Å². The number of hydrogen-bond donors (Lipinski definition) is 1. The highest BCUT2D eigenvalue weighted by Gasteiger charge is 2.39. The van der Waals surface area contributed by atoms with Crippen LogP contribution in [0.5, 0.6) is 0 Å². The van der Waals surface area contributed by atoms with Crippen LogP contribution >= 0.6 is 12.2 Å². The molecule has 1 aliphatic carbocycles. The summed E-state index contributed by atoms with van der Waals surface area (Å²) in [5, 5.41) is 0. The summed E-state index contributed by atoms with van der Waals surface area (Å²) in [6.07, 6.45) is 3.32. The molecule has 20 heavy (non-hydrogen) atoms. The average Bonchev–Trinajstić information content (AvgIpc) is 3.19. The van der Waals surface area contributed by atoms with E-state index in [1.807, 2.05) is 13.8 Å². The zero-order valence-electron chi connectivity index (χ0n) is 11.6. The molecule has 0 atom stereocenters. The summed E-state index contributed by atoms with van der Waals surface area (Å²) in [5.74, 6) is 0.260. The maximum atomic E-state index is 12.8. The van der Waals surface area contributed by atoms with Crippen LogP contribution in [-0.4, -0.2) is 35.3 Å². The van der Waals surface area contributed by atoms with Gasteiger partial charge in [0.05, 0.1) is 0 Å². The molecule has 2 rings (SSSR count). The van der Waals surface area contributed by atoms with Crippen molar-refractivity contribution in [2.45, 2.75) is 37.6 Å². The van der Waals surface area contributed by atoms with Crippen LogP contribution in [0.2, 0.25) is 0 Å². The molecule has 2 N–H and O–H groups in total. The topological polar surface area (TPSA) is 76.3 Å². The first-order chi connectivity index (χ1) is 9.34. The fourth-order valence-electron chi connectivity index (χ4n) is 2.08. The summed E-state index contributed by atoms with van der Waals surface area (Å²) in [7, 11) is -3.61. The Labute approximate surface area is 125 Å². The van der Waals surface area contributed by atoms with Gasteiger partial charge in [0.25, 0.3) is 0 Å². The average molecular weight is 313 g/mol. The van der Waals surface area contributed by atoms with Crippen molar-refractivity contribution in [3.05, 3.63) is 24.0 Å². The van der Waals surface area contributed by atoms with Crippen LogP contribution in [0, 0.1) is 5.92 Å². The summed E-state index contributed by atoms with van der Waals surface area (Å²) in [6, 6.07) is 3.21. The van der Waals surface area contributed by atoms with Crippen LogP contribution in [0.15, 0.2) is 23.2 Å². The number of rotatable bonds is 6. The highest BCUT2D eigenvalue weighted by molar-refractivity contribution is 7.89. The molecule has 0 amide bonds. The second kappa shape index (κ2) is 5.75. The van der Waals surface area contributed by atoms with Crippen LogP contribution in [0.1, 0.15) is 32.4 Å². The van der Waals surface area contributed by atoms with Crippen molar-refractivity contribution >= 4 is 27.2 Å². The van der Waals surface area contributed by atoms with E-state index in [1.54, 1.807) is 10.4 Å². The zero-order chi connectivity index (χ0) is 14.9.